The summed E-state index contributed by atoms with van der Waals surface area (Å²) in [6.45, 7) is 0. The van der Waals surface area contributed by atoms with Gasteiger partial charge in [-0.05, 0) is 72.5 Å². The molecule has 56 heavy (non-hydrogen) atoms. The van der Waals surface area contributed by atoms with Crippen molar-refractivity contribution in [2.75, 3.05) is 0 Å². The van der Waals surface area contributed by atoms with Crippen molar-refractivity contribution in [2.24, 2.45) is 9.98 Å². The van der Waals surface area contributed by atoms with E-state index in [1.165, 1.54) is 39.5 Å². The topological polar surface area (TPSA) is 116 Å². The fourth-order valence-corrected chi connectivity index (χ4v) is 9.00. The van der Waals surface area contributed by atoms with Gasteiger partial charge in [-0.3, -0.25) is 0 Å². The number of aromatic nitrogens is 3. The van der Waals surface area contributed by atoms with Crippen molar-refractivity contribution in [3.05, 3.63) is 208 Å². The van der Waals surface area contributed by atoms with E-state index in [1.54, 1.807) is 146 Å². The number of sulfone groups is 2. The lowest BCUT2D eigenvalue weighted by molar-refractivity contribution is 0.601. The smallest absolute Gasteiger partial charge is 0.241 e. The van der Waals surface area contributed by atoms with Crippen molar-refractivity contribution in [1.82, 2.24) is 14.1 Å². The molecule has 0 N–H and O–H groups in total. The van der Waals surface area contributed by atoms with Crippen molar-refractivity contribution in [3.8, 4) is 11.4 Å². The molecule has 0 atom stereocenters. The molecule has 13 heteroatoms. The van der Waals surface area contributed by atoms with Gasteiger partial charge in [0, 0.05) is 11.1 Å². The predicted molar refractivity (Wildman–Crippen MR) is 226 cm³/mol. The molecule has 7 aromatic rings. The van der Waals surface area contributed by atoms with E-state index >= 15 is 0 Å². The molecule has 276 valence electrons. The highest BCUT2D eigenvalue weighted by Gasteiger charge is 2.30. The number of benzene rings is 6. The molecule has 0 spiro atoms. The molecule has 6 aromatic carbocycles. The summed E-state index contributed by atoms with van der Waals surface area (Å²) in [4.78, 5) is 14.4. The molecule has 0 fully saturated rings. The Morgan fingerprint density at radius 1 is 0.554 bits per heavy atom. The standard InChI is InChI=1S/C43H31N5O4S4/c49-55(50,36-27-15-5-16-28-36)38(31-32-19-7-1-8-20-32)45-39(33-21-9-2-10-22-33)47-41(53)46-40(34-23-11-3-12-24-34)48(43(47)54)42(44-35-25-13-4-14-26-35)56(51,52)37-29-17-6-18-30-37/h1-31H/b38-31+,44-42?,45-39?. The monoisotopic (exact) mass is 809 g/mol. The van der Waals surface area contributed by atoms with Crippen molar-refractivity contribution < 1.29 is 16.8 Å². The van der Waals surface area contributed by atoms with Crippen LogP contribution in [0, 0.1) is 9.54 Å². The highest BCUT2D eigenvalue weighted by atomic mass is 32.2. The predicted octanol–water partition coefficient (Wildman–Crippen LogP) is 9.59. The minimum absolute atomic E-state index is 0.0133. The Bertz CT molecular complexity index is 2940. The van der Waals surface area contributed by atoms with Gasteiger partial charge in [0.05, 0.1) is 15.5 Å². The highest BCUT2D eigenvalue weighted by Crippen LogP contribution is 2.27. The first-order valence-corrected chi connectivity index (χ1v) is 20.9. The van der Waals surface area contributed by atoms with Crippen LogP contribution in [0.1, 0.15) is 11.1 Å². The number of para-hydroxylation sites is 1. The Balaban J connectivity index is 1.61. The Kier molecular flexibility index (Phi) is 11.3. The molecular weight excluding hydrogens is 779 g/mol. The third-order valence-corrected chi connectivity index (χ3v) is 12.3. The molecule has 1 heterocycles. The second-order valence-electron chi connectivity index (χ2n) is 12.1. The average Bonchev–Trinajstić information content (AvgIpc) is 3.24. The molecule has 7 rings (SSSR count). The van der Waals surface area contributed by atoms with E-state index in [0.29, 0.717) is 22.4 Å². The SMILES string of the molecule is O=S(=O)(C(=Nc1ccccc1)n1c(-c2ccccc2)nc(=S)n(C(=N/C(=C\c2ccccc2)S(=O)(=O)c2ccccc2)c2ccccc2)c1=S)c1ccccc1. The number of nitrogens with zero attached hydrogens (tertiary/aromatic N) is 5. The van der Waals surface area contributed by atoms with Gasteiger partial charge in [0.25, 0.3) is 0 Å². The molecule has 0 aliphatic carbocycles. The summed E-state index contributed by atoms with van der Waals surface area (Å²) < 4.78 is 60.8. The van der Waals surface area contributed by atoms with Crippen molar-refractivity contribution in [2.45, 2.75) is 9.79 Å². The molecule has 0 aliphatic rings. The van der Waals surface area contributed by atoms with E-state index in [1.807, 2.05) is 12.1 Å². The van der Waals surface area contributed by atoms with Gasteiger partial charge >= 0.3 is 0 Å². The van der Waals surface area contributed by atoms with E-state index in [4.69, 9.17) is 39.4 Å². The van der Waals surface area contributed by atoms with Crippen LogP contribution in [-0.2, 0) is 19.7 Å². The van der Waals surface area contributed by atoms with Crippen LogP contribution >= 0.6 is 24.4 Å². The summed E-state index contributed by atoms with van der Waals surface area (Å²) in [5, 5.41) is -0.779. The minimum Gasteiger partial charge on any atom is -0.244 e. The Hall–Kier alpha value is -6.25. The number of hydrogen-bond donors (Lipinski definition) is 0. The van der Waals surface area contributed by atoms with Gasteiger partial charge in [0.15, 0.2) is 15.6 Å². The molecule has 0 aliphatic heterocycles. The molecule has 9 nitrogen and oxygen atoms in total. The van der Waals surface area contributed by atoms with Gasteiger partial charge < -0.3 is 0 Å². The molecule has 0 radical (unpaired) electrons. The molecule has 0 saturated carbocycles. The zero-order chi connectivity index (χ0) is 39.1. The fourth-order valence-electron chi connectivity index (χ4n) is 5.66. The van der Waals surface area contributed by atoms with Crippen molar-refractivity contribution in [1.29, 1.82) is 0 Å². The zero-order valence-corrected chi connectivity index (χ0v) is 32.7. The first kappa shape index (κ1) is 38.0. The Morgan fingerprint density at radius 2 is 1.02 bits per heavy atom. The summed E-state index contributed by atoms with van der Waals surface area (Å²) >= 11 is 12.2. The quantitative estimate of drug-likeness (QED) is 0.0853. The van der Waals surface area contributed by atoms with Gasteiger partial charge in [0.1, 0.15) is 5.84 Å². The van der Waals surface area contributed by atoms with Gasteiger partial charge in [0.2, 0.25) is 29.6 Å². The molecule has 0 saturated heterocycles. The molecule has 0 bridgehead atoms. The lowest BCUT2D eigenvalue weighted by atomic mass is 10.2. The highest BCUT2D eigenvalue weighted by molar-refractivity contribution is 8.06. The van der Waals surface area contributed by atoms with Gasteiger partial charge in [-0.15, -0.1) is 0 Å². The number of rotatable bonds is 8. The van der Waals surface area contributed by atoms with Gasteiger partial charge in [-0.1, -0.05) is 146 Å². The number of hydrogen-bond acceptors (Lipinski definition) is 9. The molecule has 0 amide bonds. The van der Waals surface area contributed by atoms with Crippen LogP contribution in [0.4, 0.5) is 5.69 Å². The number of aliphatic imine (C=N–C) groups is 2. The zero-order valence-electron chi connectivity index (χ0n) is 29.4. The third-order valence-electron chi connectivity index (χ3n) is 8.36. The van der Waals surface area contributed by atoms with Crippen LogP contribution in [0.2, 0.25) is 0 Å². The van der Waals surface area contributed by atoms with Crippen LogP contribution in [-0.4, -0.2) is 42.0 Å². The maximum absolute atomic E-state index is 14.8. The van der Waals surface area contributed by atoms with Crippen LogP contribution in [0.3, 0.4) is 0 Å². The molecule has 1 aromatic heterocycles. The lowest BCUT2D eigenvalue weighted by Gasteiger charge is -2.20. The summed E-state index contributed by atoms with van der Waals surface area (Å²) in [5.74, 6) is 0.0785. The van der Waals surface area contributed by atoms with Gasteiger partial charge in [-0.2, -0.15) is 0 Å². The van der Waals surface area contributed by atoms with E-state index in [2.05, 4.69) is 0 Å². The summed E-state index contributed by atoms with van der Waals surface area (Å²) in [6.07, 6.45) is 1.46. The first-order valence-electron chi connectivity index (χ1n) is 17.1. The van der Waals surface area contributed by atoms with E-state index in [-0.39, 0.29) is 36.0 Å². The second kappa shape index (κ2) is 16.6. The van der Waals surface area contributed by atoms with Crippen molar-refractivity contribution >= 4 is 66.9 Å². The van der Waals surface area contributed by atoms with E-state index < -0.39 is 24.8 Å². The Labute approximate surface area is 334 Å². The van der Waals surface area contributed by atoms with E-state index in [9.17, 15) is 16.8 Å². The Morgan fingerprint density at radius 3 is 1.57 bits per heavy atom. The maximum atomic E-state index is 14.8. The van der Waals surface area contributed by atoms with Gasteiger partial charge in [-0.25, -0.2) is 40.9 Å². The second-order valence-corrected chi connectivity index (χ2v) is 16.6. The minimum atomic E-state index is -4.44. The summed E-state index contributed by atoms with van der Waals surface area (Å²) in [7, 11) is -8.70. The molecular formula is C43H31N5O4S4. The first-order chi connectivity index (χ1) is 27.1. The lowest BCUT2D eigenvalue weighted by Crippen LogP contribution is -2.31. The van der Waals surface area contributed by atoms with Crippen LogP contribution < -0.4 is 0 Å². The van der Waals surface area contributed by atoms with Crippen LogP contribution in [0.5, 0.6) is 0 Å². The summed E-state index contributed by atoms with van der Waals surface area (Å²) in [6, 6.07) is 51.0. The maximum Gasteiger partial charge on any atom is 0.241 e. The molecule has 0 unspecified atom stereocenters. The fraction of sp³-hybridized carbons (Fsp3) is 0. The average molecular weight is 810 g/mol. The van der Waals surface area contributed by atoms with E-state index in [0.717, 1.165) is 0 Å². The third kappa shape index (κ3) is 8.07. The van der Waals surface area contributed by atoms with Crippen LogP contribution in [0.25, 0.3) is 17.5 Å². The normalized spacial score (nSPS) is 12.7. The van der Waals surface area contributed by atoms with Crippen molar-refractivity contribution in [3.63, 3.8) is 0 Å². The van der Waals surface area contributed by atoms with Crippen LogP contribution in [0.15, 0.2) is 207 Å². The largest absolute Gasteiger partial charge is 0.244 e. The summed E-state index contributed by atoms with van der Waals surface area (Å²) in [5.41, 5.74) is 1.82.